The molecule has 5 heteroatoms. The van der Waals surface area contributed by atoms with Crippen molar-refractivity contribution in [3.8, 4) is 11.5 Å². The number of hydrogen-bond donors (Lipinski definition) is 1. The zero-order valence-electron chi connectivity index (χ0n) is 17.7. The molecule has 2 fully saturated rings. The maximum Gasteiger partial charge on any atom is 0.253 e. The van der Waals surface area contributed by atoms with Gasteiger partial charge in [0.15, 0.2) is 0 Å². The number of rotatable bonds is 4. The molecular weight excluding hydrogens is 440 g/mol. The zero-order valence-corrected chi connectivity index (χ0v) is 19.2. The van der Waals surface area contributed by atoms with Crippen molar-refractivity contribution in [3.05, 3.63) is 57.6 Å². The highest BCUT2D eigenvalue weighted by Crippen LogP contribution is 2.50. The SMILES string of the molecule is CCN(CC)C(=O)c1ccc2c(c1)Oc1ccc(Br)cc1C2C1CC2CCC(C2)N1. The molecule has 30 heavy (non-hydrogen) atoms. The third kappa shape index (κ3) is 3.46. The van der Waals surface area contributed by atoms with Gasteiger partial charge in [0, 0.05) is 52.3 Å². The minimum Gasteiger partial charge on any atom is -0.457 e. The molecule has 1 saturated carbocycles. The number of nitrogens with one attached hydrogen (secondary N) is 1. The number of carbonyl (C=O) groups is 1. The van der Waals surface area contributed by atoms with Gasteiger partial charge in [-0.2, -0.15) is 0 Å². The average Bonchev–Trinajstić information content (AvgIpc) is 3.10. The van der Waals surface area contributed by atoms with Crippen molar-refractivity contribution < 1.29 is 9.53 Å². The van der Waals surface area contributed by atoms with Crippen LogP contribution in [0.15, 0.2) is 40.9 Å². The van der Waals surface area contributed by atoms with Gasteiger partial charge in [0.25, 0.3) is 5.91 Å². The van der Waals surface area contributed by atoms with Crippen LogP contribution in [0.2, 0.25) is 0 Å². The molecule has 2 aromatic carbocycles. The summed E-state index contributed by atoms with van der Waals surface area (Å²) < 4.78 is 7.42. The summed E-state index contributed by atoms with van der Waals surface area (Å²) in [4.78, 5) is 14.8. The van der Waals surface area contributed by atoms with Gasteiger partial charge in [-0.3, -0.25) is 4.79 Å². The summed E-state index contributed by atoms with van der Waals surface area (Å²) in [7, 11) is 0. The number of ether oxygens (including phenoxy) is 1. The first-order valence-corrected chi connectivity index (χ1v) is 12.0. The molecule has 4 unspecified atom stereocenters. The van der Waals surface area contributed by atoms with E-state index >= 15 is 0 Å². The summed E-state index contributed by atoms with van der Waals surface area (Å²) in [5, 5.41) is 3.94. The van der Waals surface area contributed by atoms with Crippen molar-refractivity contribution in [1.29, 1.82) is 0 Å². The standard InChI is InChI=1S/C25H29BrN2O2/c1-3-28(4-2)25(29)16-6-9-19-23(13-16)30-22-10-7-17(26)14-20(22)24(19)21-12-15-5-8-18(11-15)27-21/h6-7,9-10,13-15,18,21,24,27H,3-5,8,11-12H2,1-2H3. The lowest BCUT2D eigenvalue weighted by molar-refractivity contribution is 0.0772. The van der Waals surface area contributed by atoms with Crippen molar-refractivity contribution in [2.45, 2.75) is 57.5 Å². The van der Waals surface area contributed by atoms with Gasteiger partial charge in [-0.05, 0) is 75.8 Å². The Morgan fingerprint density at radius 2 is 1.90 bits per heavy atom. The second-order valence-corrected chi connectivity index (χ2v) is 9.79. The third-order valence-corrected chi connectivity index (χ3v) is 7.65. The molecule has 3 aliphatic rings. The molecule has 1 amide bonds. The van der Waals surface area contributed by atoms with Gasteiger partial charge in [0.05, 0.1) is 0 Å². The highest BCUT2D eigenvalue weighted by atomic mass is 79.9. The quantitative estimate of drug-likeness (QED) is 0.625. The van der Waals surface area contributed by atoms with Gasteiger partial charge in [-0.25, -0.2) is 0 Å². The predicted octanol–water partition coefficient (Wildman–Crippen LogP) is 5.70. The highest BCUT2D eigenvalue weighted by Gasteiger charge is 2.41. The summed E-state index contributed by atoms with van der Waals surface area (Å²) in [6.45, 7) is 5.45. The summed E-state index contributed by atoms with van der Waals surface area (Å²) in [5.41, 5.74) is 3.13. The monoisotopic (exact) mass is 468 g/mol. The van der Waals surface area contributed by atoms with E-state index < -0.39 is 0 Å². The molecule has 4 atom stereocenters. The lowest BCUT2D eigenvalue weighted by Gasteiger charge is -2.39. The maximum atomic E-state index is 12.9. The Kier molecular flexibility index (Phi) is 5.36. The van der Waals surface area contributed by atoms with Crippen molar-refractivity contribution >= 4 is 21.8 Å². The van der Waals surface area contributed by atoms with Crippen LogP contribution in [0, 0.1) is 5.92 Å². The van der Waals surface area contributed by atoms with E-state index in [1.54, 1.807) is 0 Å². The molecule has 0 spiro atoms. The van der Waals surface area contributed by atoms with E-state index in [0.717, 1.165) is 21.9 Å². The molecule has 158 valence electrons. The Hall–Kier alpha value is -1.85. The molecule has 0 radical (unpaired) electrons. The molecule has 4 nitrogen and oxygen atoms in total. The van der Waals surface area contributed by atoms with Gasteiger partial charge < -0.3 is 15.0 Å². The lowest BCUT2D eigenvalue weighted by Crippen LogP contribution is -2.45. The Balaban J connectivity index is 1.56. The van der Waals surface area contributed by atoms with E-state index in [0.29, 0.717) is 30.7 Å². The Morgan fingerprint density at radius 1 is 1.07 bits per heavy atom. The second kappa shape index (κ2) is 8.01. The highest BCUT2D eigenvalue weighted by molar-refractivity contribution is 9.10. The van der Waals surface area contributed by atoms with Crippen LogP contribution >= 0.6 is 15.9 Å². The molecule has 2 aliphatic heterocycles. The molecule has 1 saturated heterocycles. The molecule has 2 bridgehead atoms. The number of carbonyl (C=O) groups excluding carboxylic acids is 1. The summed E-state index contributed by atoms with van der Waals surface area (Å²) >= 11 is 3.65. The molecule has 2 aromatic rings. The zero-order chi connectivity index (χ0) is 20.8. The summed E-state index contributed by atoms with van der Waals surface area (Å²) in [6, 6.07) is 13.4. The predicted molar refractivity (Wildman–Crippen MR) is 122 cm³/mol. The molecular formula is C25H29BrN2O2. The largest absolute Gasteiger partial charge is 0.457 e. The number of halogens is 1. The van der Waals surface area contributed by atoms with E-state index in [1.165, 1.54) is 36.8 Å². The number of hydrogen-bond acceptors (Lipinski definition) is 3. The molecule has 2 heterocycles. The fraction of sp³-hybridized carbons (Fsp3) is 0.480. The van der Waals surface area contributed by atoms with Crippen molar-refractivity contribution in [1.82, 2.24) is 10.2 Å². The Labute approximate surface area is 187 Å². The van der Waals surface area contributed by atoms with Crippen molar-refractivity contribution in [3.63, 3.8) is 0 Å². The van der Waals surface area contributed by atoms with Crippen LogP contribution in [0.1, 0.15) is 66.9 Å². The number of nitrogens with zero attached hydrogens (tertiary/aromatic N) is 1. The fourth-order valence-electron chi connectivity index (χ4n) is 5.68. The Morgan fingerprint density at radius 3 is 2.67 bits per heavy atom. The van der Waals surface area contributed by atoms with Gasteiger partial charge in [-0.15, -0.1) is 0 Å². The first-order chi connectivity index (χ1) is 14.6. The van der Waals surface area contributed by atoms with E-state index in [9.17, 15) is 4.79 Å². The first kappa shape index (κ1) is 20.1. The van der Waals surface area contributed by atoms with Gasteiger partial charge >= 0.3 is 0 Å². The maximum absolute atomic E-state index is 12.9. The number of fused-ring (bicyclic) bond motifs is 4. The van der Waals surface area contributed by atoms with Gasteiger partial charge in [0.2, 0.25) is 0 Å². The molecule has 1 aliphatic carbocycles. The second-order valence-electron chi connectivity index (χ2n) is 8.88. The summed E-state index contributed by atoms with van der Waals surface area (Å²) in [5.74, 6) is 2.86. The van der Waals surface area contributed by atoms with Crippen LogP contribution in [0.5, 0.6) is 11.5 Å². The minimum atomic E-state index is 0.0680. The topological polar surface area (TPSA) is 41.6 Å². The fourth-order valence-corrected chi connectivity index (χ4v) is 6.06. The first-order valence-electron chi connectivity index (χ1n) is 11.2. The van der Waals surface area contributed by atoms with Crippen LogP contribution < -0.4 is 10.1 Å². The summed E-state index contributed by atoms with van der Waals surface area (Å²) in [6.07, 6.45) is 5.15. The van der Waals surface area contributed by atoms with E-state index in [-0.39, 0.29) is 11.8 Å². The Bertz CT molecular complexity index is 960. The third-order valence-electron chi connectivity index (χ3n) is 7.15. The number of piperidine rings is 1. The average molecular weight is 469 g/mol. The van der Waals surface area contributed by atoms with E-state index in [2.05, 4.69) is 33.4 Å². The molecule has 1 N–H and O–H groups in total. The minimum absolute atomic E-state index is 0.0680. The van der Waals surface area contributed by atoms with Crippen molar-refractivity contribution in [2.24, 2.45) is 5.92 Å². The lowest BCUT2D eigenvalue weighted by atomic mass is 9.77. The van der Waals surface area contributed by atoms with Crippen LogP contribution in [0.25, 0.3) is 0 Å². The van der Waals surface area contributed by atoms with Crippen LogP contribution in [-0.2, 0) is 0 Å². The van der Waals surface area contributed by atoms with Crippen LogP contribution in [0.4, 0.5) is 0 Å². The molecule has 5 rings (SSSR count). The smallest absolute Gasteiger partial charge is 0.253 e. The van der Waals surface area contributed by atoms with Gasteiger partial charge in [0.1, 0.15) is 11.5 Å². The van der Waals surface area contributed by atoms with Crippen LogP contribution in [-0.4, -0.2) is 36.0 Å². The van der Waals surface area contributed by atoms with Crippen molar-refractivity contribution in [2.75, 3.05) is 13.1 Å². The van der Waals surface area contributed by atoms with Crippen LogP contribution in [0.3, 0.4) is 0 Å². The van der Waals surface area contributed by atoms with Gasteiger partial charge in [-0.1, -0.05) is 22.0 Å². The number of benzene rings is 2. The normalized spacial score (nSPS) is 26.5. The number of amides is 1. The molecule has 0 aromatic heterocycles. The van der Waals surface area contributed by atoms with E-state index in [4.69, 9.17) is 4.74 Å². The van der Waals surface area contributed by atoms with E-state index in [1.807, 2.05) is 43.0 Å².